The van der Waals surface area contributed by atoms with Crippen LogP contribution in [0, 0.1) is 0 Å². The van der Waals surface area contributed by atoms with Crippen LogP contribution in [0.1, 0.15) is 35.0 Å². The van der Waals surface area contributed by atoms with Gasteiger partial charge in [-0.05, 0) is 20.2 Å². The number of ketones is 1. The lowest BCUT2D eigenvalue weighted by molar-refractivity contribution is -0.153. The van der Waals surface area contributed by atoms with Crippen LogP contribution < -0.4 is 5.73 Å². The second-order valence-electron chi connectivity index (χ2n) is 2.86. The maximum atomic E-state index is 11.4. The summed E-state index contributed by atoms with van der Waals surface area (Å²) in [5, 5.41) is 0. The third-order valence-corrected chi connectivity index (χ3v) is 1.78. The third kappa shape index (κ3) is 2.81. The van der Waals surface area contributed by atoms with Crippen LogP contribution in [0.15, 0.2) is 0 Å². The summed E-state index contributed by atoms with van der Waals surface area (Å²) in [6.45, 7) is 3.16. The standard InChI is InChI=1S/C9H17NO3/c1-4-6-9(10,7(3)11)8(12)13-5-2/h4-6,10H2,1-3H3/i3D. The molecule has 0 aliphatic rings. The highest BCUT2D eigenvalue weighted by Crippen LogP contribution is 2.13. The second-order valence-corrected chi connectivity index (χ2v) is 2.86. The highest BCUT2D eigenvalue weighted by molar-refractivity contribution is 6.07. The van der Waals surface area contributed by atoms with Gasteiger partial charge in [0.05, 0.1) is 6.61 Å². The Hall–Kier alpha value is -0.900. The van der Waals surface area contributed by atoms with Crippen molar-refractivity contribution in [3.63, 3.8) is 0 Å². The minimum atomic E-state index is -1.62. The van der Waals surface area contributed by atoms with Crippen molar-refractivity contribution in [1.82, 2.24) is 0 Å². The van der Waals surface area contributed by atoms with Crippen LogP contribution in [0.5, 0.6) is 0 Å². The van der Waals surface area contributed by atoms with Crippen molar-refractivity contribution < 1.29 is 15.7 Å². The lowest BCUT2D eigenvalue weighted by Gasteiger charge is -2.23. The van der Waals surface area contributed by atoms with Crippen LogP contribution in [0.2, 0.25) is 0 Å². The molecule has 76 valence electrons. The van der Waals surface area contributed by atoms with Crippen molar-refractivity contribution >= 4 is 11.8 Å². The van der Waals surface area contributed by atoms with Crippen molar-refractivity contribution in [2.75, 3.05) is 6.61 Å². The number of esters is 1. The molecule has 0 spiro atoms. The van der Waals surface area contributed by atoms with Crippen molar-refractivity contribution in [2.24, 2.45) is 5.73 Å². The minimum absolute atomic E-state index is 0.187. The summed E-state index contributed by atoms with van der Waals surface area (Å²) in [5.74, 6) is -1.31. The largest absolute Gasteiger partial charge is 0.464 e. The predicted molar refractivity (Wildman–Crippen MR) is 49.1 cm³/mol. The molecule has 0 aromatic heterocycles. The molecule has 13 heavy (non-hydrogen) atoms. The van der Waals surface area contributed by atoms with Gasteiger partial charge in [0, 0.05) is 1.37 Å². The van der Waals surface area contributed by atoms with Gasteiger partial charge in [-0.2, -0.15) is 0 Å². The Balaban J connectivity index is 4.69. The second kappa shape index (κ2) is 4.97. The smallest absolute Gasteiger partial charge is 0.333 e. The fraction of sp³-hybridized carbons (Fsp3) is 0.778. The Morgan fingerprint density at radius 2 is 2.15 bits per heavy atom. The third-order valence-electron chi connectivity index (χ3n) is 1.78. The molecule has 0 aliphatic carbocycles. The van der Waals surface area contributed by atoms with E-state index in [9.17, 15) is 9.59 Å². The van der Waals surface area contributed by atoms with Gasteiger partial charge < -0.3 is 10.5 Å². The van der Waals surface area contributed by atoms with Crippen LogP contribution in [0.4, 0.5) is 0 Å². The minimum Gasteiger partial charge on any atom is -0.464 e. The van der Waals surface area contributed by atoms with E-state index in [2.05, 4.69) is 0 Å². The maximum Gasteiger partial charge on any atom is 0.333 e. The molecule has 2 N–H and O–H groups in total. The lowest BCUT2D eigenvalue weighted by Crippen LogP contribution is -2.54. The Kier molecular flexibility index (Phi) is 3.89. The summed E-state index contributed by atoms with van der Waals surface area (Å²) in [6, 6.07) is 0. The van der Waals surface area contributed by atoms with E-state index in [0.29, 0.717) is 6.42 Å². The van der Waals surface area contributed by atoms with E-state index in [-0.39, 0.29) is 13.0 Å². The normalized spacial score (nSPS) is 15.8. The molecular weight excluding hydrogens is 170 g/mol. The zero-order chi connectivity index (χ0) is 11.2. The molecule has 0 aromatic rings. The molecular formula is C9H17NO3. The van der Waals surface area contributed by atoms with Gasteiger partial charge in [0.25, 0.3) is 0 Å². The molecule has 0 heterocycles. The molecule has 0 fully saturated rings. The van der Waals surface area contributed by atoms with Gasteiger partial charge in [0.15, 0.2) is 11.3 Å². The first kappa shape index (κ1) is 10.2. The van der Waals surface area contributed by atoms with E-state index in [1.807, 2.05) is 6.92 Å². The topological polar surface area (TPSA) is 69.4 Å². The molecule has 4 heteroatoms. The Bertz CT molecular complexity index is 220. The first-order chi connectivity index (χ1) is 6.52. The Labute approximate surface area is 79.8 Å². The maximum absolute atomic E-state index is 11.4. The van der Waals surface area contributed by atoms with E-state index >= 15 is 0 Å². The quantitative estimate of drug-likeness (QED) is 0.507. The summed E-state index contributed by atoms with van der Waals surface area (Å²) in [5.41, 5.74) is 4.03. The number of hydrogen-bond donors (Lipinski definition) is 1. The highest BCUT2D eigenvalue weighted by Gasteiger charge is 2.39. The van der Waals surface area contributed by atoms with Crippen LogP contribution in [0.25, 0.3) is 0 Å². The van der Waals surface area contributed by atoms with E-state index in [1.54, 1.807) is 6.92 Å². The monoisotopic (exact) mass is 188 g/mol. The van der Waals surface area contributed by atoms with Crippen LogP contribution in [0.3, 0.4) is 0 Å². The van der Waals surface area contributed by atoms with Crippen LogP contribution in [-0.2, 0) is 14.3 Å². The number of nitrogens with two attached hydrogens (primary N) is 1. The van der Waals surface area contributed by atoms with E-state index < -0.39 is 24.2 Å². The van der Waals surface area contributed by atoms with Crippen molar-refractivity contribution in [1.29, 1.82) is 0 Å². The fourth-order valence-corrected chi connectivity index (χ4v) is 1.01. The summed E-state index contributed by atoms with van der Waals surface area (Å²) < 4.78 is 11.6. The average Bonchev–Trinajstić information content (AvgIpc) is 2.17. The Morgan fingerprint density at radius 3 is 2.54 bits per heavy atom. The number of carbonyl (C=O) groups excluding carboxylic acids is 2. The van der Waals surface area contributed by atoms with Crippen LogP contribution in [-0.4, -0.2) is 23.9 Å². The Morgan fingerprint density at radius 1 is 1.54 bits per heavy atom. The van der Waals surface area contributed by atoms with Gasteiger partial charge in [-0.3, -0.25) is 4.79 Å². The summed E-state index contributed by atoms with van der Waals surface area (Å²) in [6.07, 6.45) is 0.824. The lowest BCUT2D eigenvalue weighted by atomic mass is 9.91. The number of ether oxygens (including phenoxy) is 1. The molecule has 0 amide bonds. The zero-order valence-electron chi connectivity index (χ0n) is 9.13. The van der Waals surface area contributed by atoms with Gasteiger partial charge in [-0.15, -0.1) is 0 Å². The molecule has 1 atom stereocenters. The zero-order valence-corrected chi connectivity index (χ0v) is 8.13. The summed E-state index contributed by atoms with van der Waals surface area (Å²) in [4.78, 5) is 22.7. The first-order valence-electron chi connectivity index (χ1n) is 5.02. The first-order valence-corrected chi connectivity index (χ1v) is 4.31. The molecule has 0 bridgehead atoms. The van der Waals surface area contributed by atoms with Crippen molar-refractivity contribution in [2.45, 2.75) is 39.1 Å². The van der Waals surface area contributed by atoms with Gasteiger partial charge in [0.1, 0.15) is 0 Å². The van der Waals surface area contributed by atoms with E-state index in [0.717, 1.165) is 0 Å². The van der Waals surface area contributed by atoms with Gasteiger partial charge in [-0.1, -0.05) is 13.3 Å². The number of rotatable bonds is 5. The summed E-state index contributed by atoms with van der Waals surface area (Å²) >= 11 is 0. The molecule has 0 radical (unpaired) electrons. The van der Waals surface area contributed by atoms with Crippen molar-refractivity contribution in [3.05, 3.63) is 0 Å². The number of Topliss-reactive ketones (excluding diaryl/α,β-unsaturated/α-hetero) is 1. The highest BCUT2D eigenvalue weighted by atomic mass is 16.5. The molecule has 1 unspecified atom stereocenters. The average molecular weight is 188 g/mol. The number of hydrogen-bond acceptors (Lipinski definition) is 4. The fourth-order valence-electron chi connectivity index (χ4n) is 1.01. The summed E-state index contributed by atoms with van der Waals surface area (Å²) in [7, 11) is 0. The molecule has 0 aromatic carbocycles. The van der Waals surface area contributed by atoms with Gasteiger partial charge in [-0.25, -0.2) is 4.79 Å². The molecule has 0 saturated carbocycles. The molecule has 4 nitrogen and oxygen atoms in total. The predicted octanol–water partition coefficient (Wildman–Crippen LogP) is 0.636. The molecule has 0 aliphatic heterocycles. The van der Waals surface area contributed by atoms with Gasteiger partial charge >= 0.3 is 5.97 Å². The van der Waals surface area contributed by atoms with Gasteiger partial charge in [0.2, 0.25) is 0 Å². The molecule has 0 saturated heterocycles. The SMILES string of the molecule is [2H]CC(=O)C(N)(CCC)C(=O)OCC. The van der Waals surface area contributed by atoms with E-state index in [4.69, 9.17) is 11.8 Å². The number of carbonyl (C=O) groups is 2. The van der Waals surface area contributed by atoms with Crippen LogP contribution >= 0.6 is 0 Å². The van der Waals surface area contributed by atoms with Crippen molar-refractivity contribution in [3.8, 4) is 0 Å². The molecule has 0 rings (SSSR count). The van der Waals surface area contributed by atoms with E-state index in [1.165, 1.54) is 0 Å².